The average molecular weight is 394 g/mol. The molecule has 5 heteroatoms. The van der Waals surface area contributed by atoms with Crippen LogP contribution < -0.4 is 5.32 Å². The number of carbonyl (C=O) groups is 2. The number of nitrogens with zero attached hydrogens (tertiary/aromatic N) is 2. The van der Waals surface area contributed by atoms with Crippen molar-refractivity contribution in [1.29, 1.82) is 0 Å². The molecule has 1 aliphatic heterocycles. The van der Waals surface area contributed by atoms with Crippen molar-refractivity contribution >= 4 is 11.8 Å². The number of hydrogen-bond acceptors (Lipinski definition) is 3. The highest BCUT2D eigenvalue weighted by Crippen LogP contribution is 2.36. The Labute approximate surface area is 173 Å². The Bertz CT molecular complexity index is 823. The van der Waals surface area contributed by atoms with Gasteiger partial charge in [-0.15, -0.1) is 0 Å². The van der Waals surface area contributed by atoms with E-state index in [1.165, 1.54) is 0 Å². The zero-order valence-electron chi connectivity index (χ0n) is 17.6. The molecule has 2 amide bonds. The molecule has 29 heavy (non-hydrogen) atoms. The number of hydrogen-bond donors (Lipinski definition) is 1. The van der Waals surface area contributed by atoms with E-state index >= 15 is 0 Å². The van der Waals surface area contributed by atoms with Crippen LogP contribution in [0.5, 0.6) is 0 Å². The molecule has 0 bridgehead atoms. The number of benzene rings is 1. The van der Waals surface area contributed by atoms with Crippen molar-refractivity contribution in [3.8, 4) is 11.1 Å². The number of rotatable bonds is 6. The highest BCUT2D eigenvalue weighted by Gasteiger charge is 2.42. The molecule has 2 aromatic rings. The first kappa shape index (κ1) is 21.0. The number of nitrogens with one attached hydrogen (secondary N) is 1. The zero-order chi connectivity index (χ0) is 20.9. The maximum atomic E-state index is 13.1. The van der Waals surface area contributed by atoms with Crippen LogP contribution in [-0.2, 0) is 16.0 Å². The van der Waals surface area contributed by atoms with Gasteiger partial charge in [-0.3, -0.25) is 14.6 Å². The van der Waals surface area contributed by atoms with Crippen molar-refractivity contribution in [3.63, 3.8) is 0 Å². The summed E-state index contributed by atoms with van der Waals surface area (Å²) in [6, 6.07) is 12.5. The summed E-state index contributed by atoms with van der Waals surface area (Å²) in [5.74, 6) is 0.274. The molecule has 2 heterocycles. The highest BCUT2D eigenvalue weighted by atomic mass is 16.2. The van der Waals surface area contributed by atoms with Gasteiger partial charge in [-0.2, -0.15) is 0 Å². The minimum absolute atomic E-state index is 0.0997. The second-order valence-electron chi connectivity index (χ2n) is 8.26. The normalized spacial score (nSPS) is 15.9. The monoisotopic (exact) mass is 393 g/mol. The summed E-state index contributed by atoms with van der Waals surface area (Å²) in [7, 11) is 0. The van der Waals surface area contributed by atoms with Crippen LogP contribution in [-0.4, -0.2) is 40.8 Å². The molecular weight excluding hydrogens is 362 g/mol. The average Bonchev–Trinajstić information content (AvgIpc) is 2.74. The molecule has 1 saturated heterocycles. The van der Waals surface area contributed by atoms with Crippen LogP contribution in [0, 0.1) is 5.41 Å². The Morgan fingerprint density at radius 1 is 1.10 bits per heavy atom. The molecule has 1 aromatic heterocycles. The standard InChI is InChI=1S/C24H31N3O2/c1-4-22(28)27-14-11-24(12-15-27,23(29)26-18(2)3)16-19-7-9-20(10-8-19)21-6-5-13-25-17-21/h5-10,13,17-18H,4,11-12,14-16H2,1-3H3,(H,26,29). The van der Waals surface area contributed by atoms with Gasteiger partial charge in [0.05, 0.1) is 5.41 Å². The topological polar surface area (TPSA) is 62.3 Å². The third-order valence-corrected chi connectivity index (χ3v) is 5.77. The minimum Gasteiger partial charge on any atom is -0.353 e. The molecule has 0 radical (unpaired) electrons. The summed E-state index contributed by atoms with van der Waals surface area (Å²) >= 11 is 0. The Hall–Kier alpha value is -2.69. The summed E-state index contributed by atoms with van der Waals surface area (Å²) in [6.45, 7) is 7.16. The first-order valence-corrected chi connectivity index (χ1v) is 10.5. The van der Waals surface area contributed by atoms with E-state index in [0.29, 0.717) is 38.8 Å². The van der Waals surface area contributed by atoms with Crippen molar-refractivity contribution in [2.45, 2.75) is 52.5 Å². The van der Waals surface area contributed by atoms with Crippen molar-refractivity contribution in [3.05, 3.63) is 54.4 Å². The van der Waals surface area contributed by atoms with E-state index in [2.05, 4.69) is 34.6 Å². The Balaban J connectivity index is 1.78. The van der Waals surface area contributed by atoms with Gasteiger partial charge in [0.25, 0.3) is 0 Å². The van der Waals surface area contributed by atoms with E-state index < -0.39 is 5.41 Å². The van der Waals surface area contributed by atoms with Gasteiger partial charge in [-0.05, 0) is 55.9 Å². The number of likely N-dealkylation sites (tertiary alicyclic amines) is 1. The van der Waals surface area contributed by atoms with Gasteiger partial charge in [0, 0.05) is 37.9 Å². The summed E-state index contributed by atoms with van der Waals surface area (Å²) in [6.07, 6.45) is 6.22. The molecule has 0 aliphatic carbocycles. The number of aromatic nitrogens is 1. The minimum atomic E-state index is -0.468. The molecule has 1 aromatic carbocycles. The van der Waals surface area contributed by atoms with Gasteiger partial charge >= 0.3 is 0 Å². The maximum absolute atomic E-state index is 13.1. The third-order valence-electron chi connectivity index (χ3n) is 5.77. The van der Waals surface area contributed by atoms with Crippen LogP contribution >= 0.6 is 0 Å². The Kier molecular flexibility index (Phi) is 6.68. The summed E-state index contributed by atoms with van der Waals surface area (Å²) in [5, 5.41) is 3.12. The van der Waals surface area contributed by atoms with Gasteiger partial charge in [0.2, 0.25) is 11.8 Å². The quantitative estimate of drug-likeness (QED) is 0.811. The fourth-order valence-electron chi connectivity index (χ4n) is 4.05. The zero-order valence-corrected chi connectivity index (χ0v) is 17.6. The summed E-state index contributed by atoms with van der Waals surface area (Å²) < 4.78 is 0. The molecule has 0 atom stereocenters. The van der Waals surface area contributed by atoms with Crippen LogP contribution in [0.3, 0.4) is 0 Å². The second kappa shape index (κ2) is 9.21. The van der Waals surface area contributed by atoms with Crippen LogP contribution in [0.25, 0.3) is 11.1 Å². The lowest BCUT2D eigenvalue weighted by Gasteiger charge is -2.41. The molecule has 154 valence electrons. The Morgan fingerprint density at radius 3 is 2.34 bits per heavy atom. The van der Waals surface area contributed by atoms with Gasteiger partial charge in [0.15, 0.2) is 0 Å². The van der Waals surface area contributed by atoms with Crippen molar-refractivity contribution in [1.82, 2.24) is 15.2 Å². The summed E-state index contributed by atoms with van der Waals surface area (Å²) in [4.78, 5) is 31.3. The van der Waals surface area contributed by atoms with Crippen LogP contribution in [0.1, 0.15) is 45.6 Å². The predicted octanol–water partition coefficient (Wildman–Crippen LogP) is 3.83. The van der Waals surface area contributed by atoms with Gasteiger partial charge in [-0.1, -0.05) is 37.3 Å². The SMILES string of the molecule is CCC(=O)N1CCC(Cc2ccc(-c3cccnc3)cc2)(C(=O)NC(C)C)CC1. The lowest BCUT2D eigenvalue weighted by Crippen LogP contribution is -2.52. The number of amides is 2. The molecule has 0 saturated carbocycles. The van der Waals surface area contributed by atoms with Crippen LogP contribution in [0.4, 0.5) is 0 Å². The van der Waals surface area contributed by atoms with E-state index in [1.54, 1.807) is 6.20 Å². The number of piperidine rings is 1. The van der Waals surface area contributed by atoms with E-state index in [9.17, 15) is 9.59 Å². The largest absolute Gasteiger partial charge is 0.353 e. The van der Waals surface area contributed by atoms with E-state index in [0.717, 1.165) is 16.7 Å². The van der Waals surface area contributed by atoms with Gasteiger partial charge < -0.3 is 10.2 Å². The molecule has 5 nitrogen and oxygen atoms in total. The van der Waals surface area contributed by atoms with E-state index in [-0.39, 0.29) is 17.9 Å². The van der Waals surface area contributed by atoms with Crippen molar-refractivity contribution in [2.75, 3.05) is 13.1 Å². The van der Waals surface area contributed by atoms with Crippen LogP contribution in [0.2, 0.25) is 0 Å². The summed E-state index contributed by atoms with van der Waals surface area (Å²) in [5.41, 5.74) is 2.88. The van der Waals surface area contributed by atoms with Crippen LogP contribution in [0.15, 0.2) is 48.8 Å². The molecule has 1 N–H and O–H groups in total. The van der Waals surface area contributed by atoms with E-state index in [1.807, 2.05) is 44.0 Å². The van der Waals surface area contributed by atoms with E-state index in [4.69, 9.17) is 0 Å². The first-order valence-electron chi connectivity index (χ1n) is 10.5. The molecule has 0 spiro atoms. The maximum Gasteiger partial charge on any atom is 0.226 e. The number of pyridine rings is 1. The fraction of sp³-hybridized carbons (Fsp3) is 0.458. The lowest BCUT2D eigenvalue weighted by molar-refractivity contribution is -0.140. The molecule has 3 rings (SSSR count). The van der Waals surface area contributed by atoms with Crippen molar-refractivity contribution < 1.29 is 9.59 Å². The smallest absolute Gasteiger partial charge is 0.226 e. The second-order valence-corrected chi connectivity index (χ2v) is 8.26. The first-order chi connectivity index (χ1) is 13.9. The molecular formula is C24H31N3O2. The fourth-order valence-corrected chi connectivity index (χ4v) is 4.05. The number of carbonyl (C=O) groups excluding carboxylic acids is 2. The van der Waals surface area contributed by atoms with Gasteiger partial charge in [-0.25, -0.2) is 0 Å². The third kappa shape index (κ3) is 5.03. The lowest BCUT2D eigenvalue weighted by atomic mass is 9.72. The Morgan fingerprint density at radius 2 is 1.79 bits per heavy atom. The van der Waals surface area contributed by atoms with Gasteiger partial charge in [0.1, 0.15) is 0 Å². The molecule has 1 fully saturated rings. The molecule has 0 unspecified atom stereocenters. The van der Waals surface area contributed by atoms with Crippen molar-refractivity contribution in [2.24, 2.45) is 5.41 Å². The predicted molar refractivity (Wildman–Crippen MR) is 115 cm³/mol. The highest BCUT2D eigenvalue weighted by molar-refractivity contribution is 5.84. The molecule has 1 aliphatic rings.